The van der Waals surface area contributed by atoms with Gasteiger partial charge < -0.3 is 14.2 Å². The molecule has 106 valence electrons. The van der Waals surface area contributed by atoms with Crippen LogP contribution in [0.2, 0.25) is 0 Å². The summed E-state index contributed by atoms with van der Waals surface area (Å²) in [5.74, 6) is 0.318. The molecule has 0 amide bonds. The van der Waals surface area contributed by atoms with E-state index >= 15 is 0 Å². The predicted molar refractivity (Wildman–Crippen MR) is 72.7 cm³/mol. The summed E-state index contributed by atoms with van der Waals surface area (Å²) in [6.45, 7) is 4.26. The molecule has 0 atom stereocenters. The first-order valence-electron chi connectivity index (χ1n) is 6.41. The summed E-state index contributed by atoms with van der Waals surface area (Å²) in [4.78, 5) is 23.2. The predicted octanol–water partition coefficient (Wildman–Crippen LogP) is 1.99. The van der Waals surface area contributed by atoms with Crippen LogP contribution in [0.4, 0.5) is 0 Å². The van der Waals surface area contributed by atoms with Crippen LogP contribution in [-0.4, -0.2) is 31.6 Å². The van der Waals surface area contributed by atoms with Gasteiger partial charge in [-0.2, -0.15) is 0 Å². The largest absolute Gasteiger partial charge is 0.486 e. The number of carbonyl (C=O) groups excluding carboxylic acids is 2. The van der Waals surface area contributed by atoms with Gasteiger partial charge in [0.05, 0.1) is 6.61 Å². The van der Waals surface area contributed by atoms with Crippen LogP contribution in [0.1, 0.15) is 19.4 Å². The molecule has 1 aliphatic rings. The van der Waals surface area contributed by atoms with Crippen LogP contribution in [-0.2, 0) is 14.3 Å². The average molecular weight is 276 g/mol. The molecule has 0 spiro atoms. The van der Waals surface area contributed by atoms with E-state index in [4.69, 9.17) is 14.2 Å². The van der Waals surface area contributed by atoms with Crippen LogP contribution >= 0.6 is 0 Å². The first kappa shape index (κ1) is 14.1. The fraction of sp³-hybridized carbons (Fsp3) is 0.333. The molecule has 0 radical (unpaired) electrons. The SMILES string of the molecule is CCOC(=O)C(=Cc1ccc2c(c1)OCCO2)C(C)=O. The number of ether oxygens (including phenoxy) is 3. The van der Waals surface area contributed by atoms with Crippen LogP contribution in [0.15, 0.2) is 23.8 Å². The third kappa shape index (κ3) is 3.17. The summed E-state index contributed by atoms with van der Waals surface area (Å²) in [5.41, 5.74) is 0.705. The molecule has 1 aromatic carbocycles. The minimum Gasteiger partial charge on any atom is -0.486 e. The number of esters is 1. The lowest BCUT2D eigenvalue weighted by atomic mass is 10.1. The summed E-state index contributed by atoms with van der Waals surface area (Å²) in [5, 5.41) is 0. The van der Waals surface area contributed by atoms with E-state index in [0.29, 0.717) is 30.3 Å². The van der Waals surface area contributed by atoms with Gasteiger partial charge in [0.25, 0.3) is 0 Å². The number of hydrogen-bond donors (Lipinski definition) is 0. The molecule has 2 rings (SSSR count). The number of hydrogen-bond acceptors (Lipinski definition) is 5. The van der Waals surface area contributed by atoms with Gasteiger partial charge in [0.15, 0.2) is 17.3 Å². The third-order valence-corrected chi connectivity index (χ3v) is 2.75. The van der Waals surface area contributed by atoms with Gasteiger partial charge in [-0.1, -0.05) is 6.07 Å². The Morgan fingerprint density at radius 2 is 1.95 bits per heavy atom. The zero-order valence-electron chi connectivity index (χ0n) is 11.5. The van der Waals surface area contributed by atoms with Crippen LogP contribution in [0.5, 0.6) is 11.5 Å². The van der Waals surface area contributed by atoms with Gasteiger partial charge in [0.2, 0.25) is 0 Å². The zero-order chi connectivity index (χ0) is 14.5. The maximum absolute atomic E-state index is 11.7. The smallest absolute Gasteiger partial charge is 0.341 e. The molecule has 1 aliphatic heterocycles. The molecule has 5 heteroatoms. The Bertz CT molecular complexity index is 559. The van der Waals surface area contributed by atoms with Crippen molar-refractivity contribution in [2.45, 2.75) is 13.8 Å². The van der Waals surface area contributed by atoms with Crippen molar-refractivity contribution in [1.82, 2.24) is 0 Å². The number of ketones is 1. The molecule has 0 unspecified atom stereocenters. The average Bonchev–Trinajstić information content (AvgIpc) is 2.44. The second-order valence-electron chi connectivity index (χ2n) is 4.24. The normalized spacial score (nSPS) is 13.8. The molecular weight excluding hydrogens is 260 g/mol. The van der Waals surface area contributed by atoms with Crippen molar-refractivity contribution in [3.63, 3.8) is 0 Å². The molecule has 0 aromatic heterocycles. The Kier molecular flexibility index (Phi) is 4.40. The number of carbonyl (C=O) groups is 2. The lowest BCUT2D eigenvalue weighted by Crippen LogP contribution is -2.15. The Labute approximate surface area is 117 Å². The van der Waals surface area contributed by atoms with Gasteiger partial charge in [0, 0.05) is 0 Å². The summed E-state index contributed by atoms with van der Waals surface area (Å²) in [7, 11) is 0. The number of fused-ring (bicyclic) bond motifs is 1. The Balaban J connectivity index is 2.31. The highest BCUT2D eigenvalue weighted by molar-refractivity contribution is 6.19. The Hall–Kier alpha value is -2.30. The lowest BCUT2D eigenvalue weighted by Gasteiger charge is -2.18. The van der Waals surface area contributed by atoms with E-state index in [1.54, 1.807) is 25.1 Å². The van der Waals surface area contributed by atoms with E-state index in [1.807, 2.05) is 0 Å². The van der Waals surface area contributed by atoms with Gasteiger partial charge in [-0.3, -0.25) is 4.79 Å². The minimum atomic E-state index is -0.616. The molecule has 0 saturated heterocycles. The van der Waals surface area contributed by atoms with Crippen molar-refractivity contribution in [2.75, 3.05) is 19.8 Å². The van der Waals surface area contributed by atoms with Crippen molar-refractivity contribution in [3.8, 4) is 11.5 Å². The Morgan fingerprint density at radius 3 is 2.60 bits per heavy atom. The standard InChI is InChI=1S/C15H16O5/c1-3-18-15(17)12(10(2)16)8-11-4-5-13-14(9-11)20-7-6-19-13/h4-5,8-9H,3,6-7H2,1-2H3. The molecule has 1 heterocycles. The summed E-state index contributed by atoms with van der Waals surface area (Å²) >= 11 is 0. The summed E-state index contributed by atoms with van der Waals surface area (Å²) < 4.78 is 15.7. The maximum atomic E-state index is 11.7. The lowest BCUT2D eigenvalue weighted by molar-refractivity contribution is -0.139. The fourth-order valence-electron chi connectivity index (χ4n) is 1.83. The van der Waals surface area contributed by atoms with Gasteiger partial charge >= 0.3 is 5.97 Å². The van der Waals surface area contributed by atoms with Gasteiger partial charge in [-0.25, -0.2) is 4.79 Å². The maximum Gasteiger partial charge on any atom is 0.341 e. The van der Waals surface area contributed by atoms with Crippen molar-refractivity contribution < 1.29 is 23.8 Å². The molecule has 5 nitrogen and oxygen atoms in total. The number of benzene rings is 1. The highest BCUT2D eigenvalue weighted by Crippen LogP contribution is 2.31. The van der Waals surface area contributed by atoms with Crippen molar-refractivity contribution in [3.05, 3.63) is 29.3 Å². The van der Waals surface area contributed by atoms with E-state index < -0.39 is 5.97 Å². The highest BCUT2D eigenvalue weighted by Gasteiger charge is 2.17. The fourth-order valence-corrected chi connectivity index (χ4v) is 1.83. The topological polar surface area (TPSA) is 61.8 Å². The van der Waals surface area contributed by atoms with Crippen molar-refractivity contribution in [1.29, 1.82) is 0 Å². The molecule has 1 aromatic rings. The molecule has 0 aliphatic carbocycles. The molecule has 0 fully saturated rings. The summed E-state index contributed by atoms with van der Waals surface area (Å²) in [6.07, 6.45) is 1.50. The van der Waals surface area contributed by atoms with E-state index in [2.05, 4.69) is 0 Å². The van der Waals surface area contributed by atoms with Crippen LogP contribution in [0.3, 0.4) is 0 Å². The highest BCUT2D eigenvalue weighted by atomic mass is 16.6. The quantitative estimate of drug-likeness (QED) is 0.364. The van der Waals surface area contributed by atoms with Gasteiger partial charge in [-0.15, -0.1) is 0 Å². The zero-order valence-corrected chi connectivity index (χ0v) is 11.5. The second kappa shape index (κ2) is 6.23. The molecule has 0 bridgehead atoms. The number of rotatable bonds is 4. The van der Waals surface area contributed by atoms with E-state index in [9.17, 15) is 9.59 Å². The first-order valence-corrected chi connectivity index (χ1v) is 6.41. The van der Waals surface area contributed by atoms with E-state index in [1.165, 1.54) is 13.0 Å². The third-order valence-electron chi connectivity index (χ3n) is 2.75. The van der Waals surface area contributed by atoms with E-state index in [0.717, 1.165) is 0 Å². The van der Waals surface area contributed by atoms with E-state index in [-0.39, 0.29) is 18.0 Å². The molecule has 0 N–H and O–H groups in total. The van der Waals surface area contributed by atoms with Crippen LogP contribution < -0.4 is 9.47 Å². The van der Waals surface area contributed by atoms with Crippen molar-refractivity contribution in [2.24, 2.45) is 0 Å². The second-order valence-corrected chi connectivity index (χ2v) is 4.24. The van der Waals surface area contributed by atoms with Crippen LogP contribution in [0.25, 0.3) is 6.08 Å². The van der Waals surface area contributed by atoms with Gasteiger partial charge in [-0.05, 0) is 37.6 Å². The molecule has 0 saturated carbocycles. The number of Topliss-reactive ketones (excluding diaryl/α,β-unsaturated/α-hetero) is 1. The molecule has 20 heavy (non-hydrogen) atoms. The van der Waals surface area contributed by atoms with Crippen LogP contribution in [0, 0.1) is 0 Å². The first-order chi connectivity index (χ1) is 9.61. The summed E-state index contributed by atoms with van der Waals surface area (Å²) in [6, 6.07) is 5.25. The Morgan fingerprint density at radius 1 is 1.25 bits per heavy atom. The van der Waals surface area contributed by atoms with Crippen molar-refractivity contribution >= 4 is 17.8 Å². The molecular formula is C15H16O5. The minimum absolute atomic E-state index is 0.0172. The van der Waals surface area contributed by atoms with Gasteiger partial charge in [0.1, 0.15) is 18.8 Å². The monoisotopic (exact) mass is 276 g/mol.